The van der Waals surface area contributed by atoms with Crippen molar-refractivity contribution in [1.82, 2.24) is 15.1 Å². The average Bonchev–Trinajstić information content (AvgIpc) is 2.84. The Balaban J connectivity index is 1.98. The van der Waals surface area contributed by atoms with Gasteiger partial charge < -0.3 is 5.32 Å². The topological polar surface area (TPSA) is 29.9 Å². The van der Waals surface area contributed by atoms with Crippen LogP contribution < -0.4 is 5.32 Å². The molecule has 1 aromatic heterocycles. The fraction of sp³-hybridized carbons (Fsp3) is 0.471. The van der Waals surface area contributed by atoms with Gasteiger partial charge in [0.2, 0.25) is 0 Å². The Bertz CT molecular complexity index is 577. The molecule has 2 rings (SSSR count). The highest BCUT2D eigenvalue weighted by atomic mass is 32.2. The first-order valence-electron chi connectivity index (χ1n) is 7.53. The molecule has 0 amide bonds. The minimum atomic E-state index is 0.455. The van der Waals surface area contributed by atoms with Gasteiger partial charge in [-0.15, -0.1) is 11.8 Å². The van der Waals surface area contributed by atoms with Gasteiger partial charge in [-0.25, -0.2) is 0 Å². The summed E-state index contributed by atoms with van der Waals surface area (Å²) in [4.78, 5) is 1.37. The molecule has 0 aliphatic heterocycles. The molecule has 1 N–H and O–H groups in total. The lowest BCUT2D eigenvalue weighted by Gasteiger charge is -2.17. The van der Waals surface area contributed by atoms with Crippen LogP contribution in [0.1, 0.15) is 23.9 Å². The smallest absolute Gasteiger partial charge is 0.0596 e. The maximum Gasteiger partial charge on any atom is 0.0596 e. The fourth-order valence-corrected chi connectivity index (χ4v) is 3.58. The van der Waals surface area contributed by atoms with Crippen LogP contribution in [-0.4, -0.2) is 28.6 Å². The normalized spacial score (nSPS) is 12.6. The van der Waals surface area contributed by atoms with Gasteiger partial charge >= 0.3 is 0 Å². The summed E-state index contributed by atoms with van der Waals surface area (Å²) in [5, 5.41) is 7.97. The van der Waals surface area contributed by atoms with Gasteiger partial charge in [0.15, 0.2) is 0 Å². The predicted molar refractivity (Wildman–Crippen MR) is 91.1 cm³/mol. The molecule has 114 valence electrons. The van der Waals surface area contributed by atoms with E-state index < -0.39 is 0 Å². The first kappa shape index (κ1) is 16.1. The van der Waals surface area contributed by atoms with E-state index >= 15 is 0 Å². The molecular weight excluding hydrogens is 278 g/mol. The van der Waals surface area contributed by atoms with Crippen LogP contribution >= 0.6 is 11.8 Å². The van der Waals surface area contributed by atoms with Gasteiger partial charge in [-0.2, -0.15) is 5.10 Å². The first-order valence-corrected chi connectivity index (χ1v) is 8.51. The van der Waals surface area contributed by atoms with Gasteiger partial charge in [0.25, 0.3) is 0 Å². The molecule has 3 nitrogen and oxygen atoms in total. The molecule has 1 unspecified atom stereocenters. The number of benzene rings is 1. The van der Waals surface area contributed by atoms with Gasteiger partial charge in [-0.05, 0) is 45.5 Å². The van der Waals surface area contributed by atoms with E-state index in [0.29, 0.717) is 6.04 Å². The molecule has 0 spiro atoms. The number of aryl methyl sites for hydroxylation is 3. The van der Waals surface area contributed by atoms with Crippen molar-refractivity contribution in [2.75, 3.05) is 12.8 Å². The van der Waals surface area contributed by atoms with Crippen LogP contribution in [0, 0.1) is 13.8 Å². The van der Waals surface area contributed by atoms with Crippen LogP contribution in [-0.2, 0) is 13.0 Å². The number of thioether (sulfide) groups is 1. The van der Waals surface area contributed by atoms with E-state index in [4.69, 9.17) is 0 Å². The Morgan fingerprint density at radius 2 is 2.05 bits per heavy atom. The second kappa shape index (κ2) is 7.66. The van der Waals surface area contributed by atoms with Crippen LogP contribution in [0.4, 0.5) is 0 Å². The monoisotopic (exact) mass is 303 g/mol. The number of nitrogens with zero attached hydrogens (tertiary/aromatic N) is 2. The molecule has 0 saturated heterocycles. The number of hydrogen-bond donors (Lipinski definition) is 1. The molecule has 0 bridgehead atoms. The van der Waals surface area contributed by atoms with Gasteiger partial charge in [0.1, 0.15) is 0 Å². The van der Waals surface area contributed by atoms with Crippen LogP contribution in [0.15, 0.2) is 35.2 Å². The molecular formula is C17H25N3S. The fourth-order valence-electron chi connectivity index (χ4n) is 2.44. The van der Waals surface area contributed by atoms with Crippen molar-refractivity contribution in [3.05, 3.63) is 47.3 Å². The largest absolute Gasteiger partial charge is 0.316 e. The lowest BCUT2D eigenvalue weighted by molar-refractivity contribution is 0.556. The zero-order chi connectivity index (χ0) is 15.2. The van der Waals surface area contributed by atoms with Crippen LogP contribution in [0.5, 0.6) is 0 Å². The van der Waals surface area contributed by atoms with Crippen LogP contribution in [0.2, 0.25) is 0 Å². The summed E-state index contributed by atoms with van der Waals surface area (Å²) < 4.78 is 2.11. The Kier molecular flexibility index (Phi) is 5.88. The summed E-state index contributed by atoms with van der Waals surface area (Å²) in [6.45, 7) is 7.31. The van der Waals surface area contributed by atoms with E-state index in [0.717, 1.165) is 24.4 Å². The van der Waals surface area contributed by atoms with E-state index in [-0.39, 0.29) is 0 Å². The van der Waals surface area contributed by atoms with Crippen molar-refractivity contribution in [3.8, 4) is 0 Å². The van der Waals surface area contributed by atoms with Gasteiger partial charge in [-0.1, -0.05) is 18.2 Å². The third-order valence-electron chi connectivity index (χ3n) is 3.68. The molecule has 2 aromatic rings. The third kappa shape index (κ3) is 4.35. The maximum atomic E-state index is 4.53. The molecule has 21 heavy (non-hydrogen) atoms. The molecule has 4 heteroatoms. The molecule has 0 aliphatic carbocycles. The van der Waals surface area contributed by atoms with Crippen molar-refractivity contribution in [3.63, 3.8) is 0 Å². The van der Waals surface area contributed by atoms with Gasteiger partial charge in [-0.3, -0.25) is 4.68 Å². The second-order valence-corrected chi connectivity index (χ2v) is 6.42. The number of hydrogen-bond acceptors (Lipinski definition) is 3. The van der Waals surface area contributed by atoms with Crippen molar-refractivity contribution >= 4 is 11.8 Å². The van der Waals surface area contributed by atoms with Crippen LogP contribution in [0.25, 0.3) is 0 Å². The molecule has 1 aromatic carbocycles. The van der Waals surface area contributed by atoms with E-state index in [2.05, 4.69) is 66.2 Å². The molecule has 1 atom stereocenters. The molecule has 0 fully saturated rings. The maximum absolute atomic E-state index is 4.53. The number of likely N-dealkylation sites (N-methyl/N-ethyl adjacent to an activating group) is 1. The summed E-state index contributed by atoms with van der Waals surface area (Å²) in [5.41, 5.74) is 3.78. The van der Waals surface area contributed by atoms with Crippen molar-refractivity contribution < 1.29 is 0 Å². The average molecular weight is 303 g/mol. The molecule has 0 saturated carbocycles. The second-order valence-electron chi connectivity index (χ2n) is 5.36. The van der Waals surface area contributed by atoms with Crippen molar-refractivity contribution in [1.29, 1.82) is 0 Å². The third-order valence-corrected chi connectivity index (χ3v) is 5.02. The van der Waals surface area contributed by atoms with E-state index in [1.165, 1.54) is 16.2 Å². The van der Waals surface area contributed by atoms with E-state index in [1.54, 1.807) is 0 Å². The minimum Gasteiger partial charge on any atom is -0.316 e. The standard InChI is InChI=1S/C17H25N3S/c1-5-20-16(10-14(3)19-20)11-15(18-4)12-21-17-9-7-6-8-13(17)2/h6-10,15,18H,5,11-12H2,1-4H3. The molecule has 0 aliphatic rings. The van der Waals surface area contributed by atoms with E-state index in [9.17, 15) is 0 Å². The summed E-state index contributed by atoms with van der Waals surface area (Å²) in [7, 11) is 2.04. The Morgan fingerprint density at radius 3 is 2.71 bits per heavy atom. The quantitative estimate of drug-likeness (QED) is 0.795. The Hall–Kier alpha value is -1.26. The highest BCUT2D eigenvalue weighted by Crippen LogP contribution is 2.23. The number of rotatable bonds is 7. The lowest BCUT2D eigenvalue weighted by Crippen LogP contribution is -2.31. The Labute approximate surface area is 132 Å². The minimum absolute atomic E-state index is 0.455. The van der Waals surface area contributed by atoms with Gasteiger partial charge in [0.05, 0.1) is 5.69 Å². The SMILES string of the molecule is CCn1nc(C)cc1CC(CSc1ccccc1C)NC. The van der Waals surface area contributed by atoms with E-state index in [1.807, 2.05) is 18.8 Å². The predicted octanol–water partition coefficient (Wildman–Crippen LogP) is 3.44. The molecule has 1 heterocycles. The summed E-state index contributed by atoms with van der Waals surface area (Å²) in [6.07, 6.45) is 1.02. The van der Waals surface area contributed by atoms with Crippen molar-refractivity contribution in [2.45, 2.75) is 44.7 Å². The molecule has 0 radical (unpaired) electrons. The zero-order valence-corrected chi connectivity index (χ0v) is 14.2. The summed E-state index contributed by atoms with van der Waals surface area (Å²) in [5.74, 6) is 1.06. The lowest BCUT2D eigenvalue weighted by atomic mass is 10.2. The highest BCUT2D eigenvalue weighted by Gasteiger charge is 2.12. The van der Waals surface area contributed by atoms with Crippen LogP contribution in [0.3, 0.4) is 0 Å². The Morgan fingerprint density at radius 1 is 1.29 bits per heavy atom. The highest BCUT2D eigenvalue weighted by molar-refractivity contribution is 7.99. The van der Waals surface area contributed by atoms with Crippen molar-refractivity contribution in [2.24, 2.45) is 0 Å². The first-order chi connectivity index (χ1) is 10.1. The summed E-state index contributed by atoms with van der Waals surface area (Å²) in [6, 6.07) is 11.2. The number of aromatic nitrogens is 2. The number of nitrogens with one attached hydrogen (secondary N) is 1. The van der Waals surface area contributed by atoms with Gasteiger partial charge in [0, 0.05) is 35.3 Å². The summed E-state index contributed by atoms with van der Waals surface area (Å²) >= 11 is 1.93. The zero-order valence-electron chi connectivity index (χ0n) is 13.4.